The molecule has 0 amide bonds. The maximum Gasteiger partial charge on any atom is 0.416 e. The maximum atomic E-state index is 12.8. The smallest absolute Gasteiger partial charge is 0.416 e. The number of benzene rings is 3. The summed E-state index contributed by atoms with van der Waals surface area (Å²) in [6, 6.07) is 8.60. The lowest BCUT2D eigenvalue weighted by Crippen LogP contribution is -2.05. The van der Waals surface area contributed by atoms with E-state index >= 15 is 0 Å². The van der Waals surface area contributed by atoms with Crippen molar-refractivity contribution in [2.45, 2.75) is 19.3 Å². The van der Waals surface area contributed by atoms with Gasteiger partial charge in [0.25, 0.3) is 0 Å². The van der Waals surface area contributed by atoms with Crippen LogP contribution in [0.2, 0.25) is 0 Å². The molecule has 3 aromatic carbocycles. The van der Waals surface area contributed by atoms with Crippen molar-refractivity contribution in [2.75, 3.05) is 0 Å². The third kappa shape index (κ3) is 4.35. The summed E-state index contributed by atoms with van der Waals surface area (Å²) in [7, 11) is 0. The Morgan fingerprint density at radius 2 is 1.19 bits per heavy atom. The molecule has 0 unspecified atom stereocenters. The Bertz CT molecular complexity index is 1130. The lowest BCUT2D eigenvalue weighted by atomic mass is 9.89. The second-order valence-electron chi connectivity index (χ2n) is 6.78. The Morgan fingerprint density at radius 1 is 0.774 bits per heavy atom. The van der Waals surface area contributed by atoms with Crippen LogP contribution in [0.1, 0.15) is 27.0 Å². The highest BCUT2D eigenvalue weighted by atomic mass is 19.4. The van der Waals surface area contributed by atoms with Crippen LogP contribution in [0.3, 0.4) is 0 Å². The van der Waals surface area contributed by atoms with Crippen LogP contribution in [0.15, 0.2) is 54.6 Å². The normalized spacial score (nSPS) is 12.1. The van der Waals surface area contributed by atoms with Gasteiger partial charge in [-0.3, -0.25) is 0 Å². The predicted octanol–water partition coefficient (Wildman–Crippen LogP) is 6.77. The summed E-state index contributed by atoms with van der Waals surface area (Å²) >= 11 is 0. The van der Waals surface area contributed by atoms with Crippen molar-refractivity contribution >= 4 is 5.97 Å². The number of aromatic carboxylic acids is 1. The van der Waals surface area contributed by atoms with Crippen molar-refractivity contribution in [3.63, 3.8) is 0 Å². The van der Waals surface area contributed by atoms with Gasteiger partial charge in [0, 0.05) is 11.1 Å². The molecule has 0 heterocycles. The molecule has 0 aliphatic heterocycles. The van der Waals surface area contributed by atoms with Gasteiger partial charge >= 0.3 is 18.3 Å². The molecule has 0 radical (unpaired) electrons. The molecule has 162 valence electrons. The number of carboxylic acids is 1. The summed E-state index contributed by atoms with van der Waals surface area (Å²) in [6.07, 6.45) is -9.16. The van der Waals surface area contributed by atoms with Crippen molar-refractivity contribution in [2.24, 2.45) is 0 Å². The molecule has 9 heteroatoms. The van der Waals surface area contributed by atoms with E-state index in [4.69, 9.17) is 0 Å². The number of halogens is 6. The zero-order valence-electron chi connectivity index (χ0n) is 15.8. The fourth-order valence-electron chi connectivity index (χ4n) is 3.23. The maximum absolute atomic E-state index is 12.8. The monoisotopic (exact) mass is 440 g/mol. The van der Waals surface area contributed by atoms with Crippen molar-refractivity contribution < 1.29 is 41.4 Å². The summed E-state index contributed by atoms with van der Waals surface area (Å²) < 4.78 is 77.0. The number of carbonyl (C=O) groups is 1. The van der Waals surface area contributed by atoms with Gasteiger partial charge in [-0.15, -0.1) is 0 Å². The highest BCUT2D eigenvalue weighted by Crippen LogP contribution is 2.43. The molecule has 0 atom stereocenters. The fraction of sp³-hybridized carbons (Fsp3) is 0.136. The number of phenolic OH excluding ortho intramolecular Hbond substituents is 1. The summed E-state index contributed by atoms with van der Waals surface area (Å²) in [5.74, 6) is -1.82. The zero-order chi connectivity index (χ0) is 23.1. The molecule has 2 N–H and O–H groups in total. The summed E-state index contributed by atoms with van der Waals surface area (Å²) in [5.41, 5.74) is -1.85. The molecular weight excluding hydrogens is 426 g/mol. The molecule has 0 saturated heterocycles. The van der Waals surface area contributed by atoms with E-state index in [2.05, 4.69) is 0 Å². The van der Waals surface area contributed by atoms with E-state index in [1.54, 1.807) is 0 Å². The average molecular weight is 440 g/mol. The zero-order valence-corrected chi connectivity index (χ0v) is 15.8. The van der Waals surface area contributed by atoms with Gasteiger partial charge in [-0.25, -0.2) is 4.79 Å². The van der Waals surface area contributed by atoms with Gasteiger partial charge in [0.15, 0.2) is 0 Å². The number of alkyl halides is 6. The number of hydrogen-bond acceptors (Lipinski definition) is 2. The van der Waals surface area contributed by atoms with Crippen LogP contribution >= 0.6 is 0 Å². The summed E-state index contributed by atoms with van der Waals surface area (Å²) in [5, 5.41) is 20.3. The Kier molecular flexibility index (Phi) is 5.47. The predicted molar refractivity (Wildman–Crippen MR) is 101 cm³/mol. The van der Waals surface area contributed by atoms with Crippen molar-refractivity contribution in [1.82, 2.24) is 0 Å². The van der Waals surface area contributed by atoms with E-state index in [-0.39, 0.29) is 33.4 Å². The lowest BCUT2D eigenvalue weighted by molar-refractivity contribution is -0.138. The summed E-state index contributed by atoms with van der Waals surface area (Å²) in [4.78, 5) is 11.7. The molecule has 0 aliphatic rings. The summed E-state index contributed by atoms with van der Waals surface area (Å²) in [6.45, 7) is 1.38. The topological polar surface area (TPSA) is 57.5 Å². The molecule has 3 aromatic rings. The van der Waals surface area contributed by atoms with E-state index in [9.17, 15) is 41.4 Å². The van der Waals surface area contributed by atoms with Gasteiger partial charge in [0.05, 0.1) is 16.7 Å². The van der Waals surface area contributed by atoms with Gasteiger partial charge in [-0.1, -0.05) is 24.3 Å². The first-order chi connectivity index (χ1) is 14.3. The first-order valence-electron chi connectivity index (χ1n) is 8.76. The number of carboxylic acid groups (broad SMARTS) is 1. The van der Waals surface area contributed by atoms with Crippen LogP contribution in [0, 0.1) is 6.92 Å². The van der Waals surface area contributed by atoms with Crippen LogP contribution in [-0.4, -0.2) is 16.2 Å². The average Bonchev–Trinajstić information content (AvgIpc) is 2.67. The van der Waals surface area contributed by atoms with Crippen LogP contribution in [0.25, 0.3) is 22.3 Å². The van der Waals surface area contributed by atoms with E-state index in [1.165, 1.54) is 6.92 Å². The minimum Gasteiger partial charge on any atom is -0.507 e. The molecule has 0 spiro atoms. The Labute approximate surface area is 172 Å². The van der Waals surface area contributed by atoms with E-state index < -0.39 is 35.2 Å². The second-order valence-corrected chi connectivity index (χ2v) is 6.78. The van der Waals surface area contributed by atoms with Crippen molar-refractivity contribution in [1.29, 1.82) is 0 Å². The van der Waals surface area contributed by atoms with Crippen LogP contribution in [0.5, 0.6) is 5.75 Å². The number of hydrogen-bond donors (Lipinski definition) is 2. The van der Waals surface area contributed by atoms with Crippen molar-refractivity contribution in [3.05, 3.63) is 76.9 Å². The van der Waals surface area contributed by atoms with E-state index in [1.807, 2.05) is 0 Å². The second kappa shape index (κ2) is 7.64. The standard InChI is InChI=1S/C22H14F6O3/c1-11-16(20(30)31)10-17(12-2-6-14(7-3-12)21(23,24)25)19(29)18(11)13-4-8-15(9-5-13)22(26,27)28/h2-10,29H,1H3,(H,30,31). The van der Waals surface area contributed by atoms with Crippen LogP contribution in [-0.2, 0) is 12.4 Å². The minimum absolute atomic E-state index is 0.0245. The number of phenols is 1. The molecule has 0 fully saturated rings. The van der Waals surface area contributed by atoms with Gasteiger partial charge in [0.1, 0.15) is 5.75 Å². The van der Waals surface area contributed by atoms with E-state index in [0.717, 1.165) is 54.6 Å². The fourth-order valence-corrected chi connectivity index (χ4v) is 3.23. The highest BCUT2D eigenvalue weighted by molar-refractivity contribution is 5.97. The Hall–Kier alpha value is -3.49. The SMILES string of the molecule is Cc1c(C(=O)O)cc(-c2ccc(C(F)(F)F)cc2)c(O)c1-c1ccc(C(F)(F)F)cc1. The van der Waals surface area contributed by atoms with Crippen molar-refractivity contribution in [3.8, 4) is 28.0 Å². The Balaban J connectivity index is 2.21. The minimum atomic E-state index is -4.58. The number of aromatic hydroxyl groups is 1. The molecule has 0 aromatic heterocycles. The molecule has 3 nitrogen and oxygen atoms in total. The molecular formula is C22H14F6O3. The van der Waals surface area contributed by atoms with Gasteiger partial charge in [-0.2, -0.15) is 26.3 Å². The molecule has 0 saturated carbocycles. The van der Waals surface area contributed by atoms with Crippen LogP contribution in [0.4, 0.5) is 26.3 Å². The molecule has 3 rings (SSSR count). The molecule has 0 aliphatic carbocycles. The first-order valence-corrected chi connectivity index (χ1v) is 8.76. The lowest BCUT2D eigenvalue weighted by Gasteiger charge is -2.17. The van der Waals surface area contributed by atoms with E-state index in [0.29, 0.717) is 0 Å². The highest BCUT2D eigenvalue weighted by Gasteiger charge is 2.31. The van der Waals surface area contributed by atoms with Gasteiger partial charge in [0.2, 0.25) is 0 Å². The third-order valence-electron chi connectivity index (χ3n) is 4.81. The molecule has 0 bridgehead atoms. The van der Waals surface area contributed by atoms with Crippen LogP contribution < -0.4 is 0 Å². The molecule has 31 heavy (non-hydrogen) atoms. The third-order valence-corrected chi connectivity index (χ3v) is 4.81. The Morgan fingerprint density at radius 3 is 1.58 bits per heavy atom. The number of rotatable bonds is 3. The first kappa shape index (κ1) is 22.2. The van der Waals surface area contributed by atoms with Gasteiger partial charge < -0.3 is 10.2 Å². The quantitative estimate of drug-likeness (QED) is 0.442. The largest absolute Gasteiger partial charge is 0.507 e. The van der Waals surface area contributed by atoms with Gasteiger partial charge in [-0.05, 0) is 53.9 Å².